The quantitative estimate of drug-likeness (QED) is 0.340. The van der Waals surface area contributed by atoms with Gasteiger partial charge in [-0.25, -0.2) is 9.37 Å². The first-order valence-electron chi connectivity index (χ1n) is 9.60. The summed E-state index contributed by atoms with van der Waals surface area (Å²) in [6.07, 6.45) is 0.667. The molecule has 0 saturated carbocycles. The van der Waals surface area contributed by atoms with Crippen LogP contribution in [-0.2, 0) is 6.42 Å². The van der Waals surface area contributed by atoms with Gasteiger partial charge in [-0.15, -0.1) is 11.8 Å². The highest BCUT2D eigenvalue weighted by molar-refractivity contribution is 8.00. The van der Waals surface area contributed by atoms with Gasteiger partial charge >= 0.3 is 0 Å². The number of rotatable bonds is 4. The van der Waals surface area contributed by atoms with Crippen LogP contribution < -0.4 is 5.56 Å². The lowest BCUT2D eigenvalue weighted by molar-refractivity contribution is 0.0684. The number of carbonyl (C=O) groups is 2. The number of imide groups is 1. The Kier molecular flexibility index (Phi) is 4.94. The van der Waals surface area contributed by atoms with Crippen LogP contribution in [0.3, 0.4) is 0 Å². The first-order chi connectivity index (χ1) is 14.9. The lowest BCUT2D eigenvalue weighted by atomic mass is 10.1. The number of amides is 2. The summed E-state index contributed by atoms with van der Waals surface area (Å²) in [7, 11) is 0. The smallest absolute Gasteiger partial charge is 0.269 e. The molecule has 156 valence electrons. The number of hydrogen-bond donors (Lipinski definition) is 0. The molecule has 1 unspecified atom stereocenters. The van der Waals surface area contributed by atoms with E-state index in [4.69, 9.17) is 0 Å². The van der Waals surface area contributed by atoms with Crippen molar-refractivity contribution >= 4 is 35.3 Å². The van der Waals surface area contributed by atoms with Crippen LogP contribution in [0.4, 0.5) is 4.39 Å². The summed E-state index contributed by atoms with van der Waals surface area (Å²) in [5.41, 5.74) is 1.71. The van der Waals surface area contributed by atoms with E-state index < -0.39 is 5.82 Å². The van der Waals surface area contributed by atoms with E-state index in [1.807, 2.05) is 6.92 Å². The van der Waals surface area contributed by atoms with Crippen molar-refractivity contribution in [1.82, 2.24) is 14.5 Å². The molecule has 0 aliphatic carbocycles. The van der Waals surface area contributed by atoms with Crippen LogP contribution in [0.2, 0.25) is 0 Å². The van der Waals surface area contributed by atoms with E-state index in [9.17, 15) is 18.8 Å². The molecule has 3 aromatic rings. The van der Waals surface area contributed by atoms with Crippen LogP contribution in [0.1, 0.15) is 33.3 Å². The van der Waals surface area contributed by atoms with Crippen molar-refractivity contribution in [3.8, 4) is 5.69 Å². The van der Waals surface area contributed by atoms with Crippen molar-refractivity contribution in [3.05, 3.63) is 81.5 Å². The summed E-state index contributed by atoms with van der Waals surface area (Å²) in [4.78, 5) is 45.0. The SMILES string of the molecule is CC1Cc2nc(SCN3C(=O)c4ccccc4C3=O)n(-c3ccc(F)cc3)c(=O)c2S1. The number of nitrogens with zero attached hydrogens (tertiary/aromatic N) is 3. The van der Waals surface area contributed by atoms with E-state index in [0.29, 0.717) is 39.0 Å². The Labute approximate surface area is 185 Å². The summed E-state index contributed by atoms with van der Waals surface area (Å²) in [5, 5.41) is 0.593. The molecule has 0 saturated heterocycles. The lowest BCUT2D eigenvalue weighted by Crippen LogP contribution is -2.30. The van der Waals surface area contributed by atoms with Gasteiger partial charge in [0.2, 0.25) is 0 Å². The fourth-order valence-corrected chi connectivity index (χ4v) is 5.77. The molecular formula is C22H16FN3O3S2. The monoisotopic (exact) mass is 453 g/mol. The van der Waals surface area contributed by atoms with Crippen LogP contribution in [0, 0.1) is 5.82 Å². The number of benzene rings is 2. The Morgan fingerprint density at radius 3 is 2.35 bits per heavy atom. The van der Waals surface area contributed by atoms with Gasteiger partial charge in [0.1, 0.15) is 5.82 Å². The minimum absolute atomic E-state index is 0.0153. The van der Waals surface area contributed by atoms with Crippen LogP contribution in [-0.4, -0.2) is 37.4 Å². The molecular weight excluding hydrogens is 437 g/mol. The second-order valence-electron chi connectivity index (χ2n) is 7.28. The maximum absolute atomic E-state index is 13.4. The molecule has 0 N–H and O–H groups in total. The average Bonchev–Trinajstić information content (AvgIpc) is 3.25. The van der Waals surface area contributed by atoms with E-state index in [-0.39, 0.29) is 28.5 Å². The highest BCUT2D eigenvalue weighted by atomic mass is 32.2. The molecule has 2 aromatic carbocycles. The Bertz CT molecular complexity index is 1260. The molecule has 2 amide bonds. The number of thioether (sulfide) groups is 2. The highest BCUT2D eigenvalue weighted by Gasteiger charge is 2.35. The van der Waals surface area contributed by atoms with E-state index in [1.165, 1.54) is 40.6 Å². The first kappa shape index (κ1) is 20.0. The van der Waals surface area contributed by atoms with Crippen LogP contribution in [0.5, 0.6) is 0 Å². The Hall–Kier alpha value is -2.91. The van der Waals surface area contributed by atoms with Crippen LogP contribution in [0.25, 0.3) is 5.69 Å². The predicted octanol–water partition coefficient (Wildman–Crippen LogP) is 3.75. The molecule has 0 fully saturated rings. The fraction of sp³-hybridized carbons (Fsp3) is 0.182. The zero-order chi connectivity index (χ0) is 21.7. The standard InChI is InChI=1S/C22H16FN3O3S2/c1-12-10-17-18(31-12)21(29)26(14-8-6-13(23)7-9-14)22(24-17)30-11-25-19(27)15-4-2-3-5-16(15)20(25)28/h2-9,12H,10-11H2,1H3. The van der Waals surface area contributed by atoms with E-state index in [1.54, 1.807) is 24.3 Å². The number of fused-ring (bicyclic) bond motifs is 2. The number of hydrogen-bond acceptors (Lipinski definition) is 6. The summed E-state index contributed by atoms with van der Waals surface area (Å²) in [5.74, 6) is -1.13. The van der Waals surface area contributed by atoms with Crippen molar-refractivity contribution in [3.63, 3.8) is 0 Å². The third kappa shape index (κ3) is 3.37. The van der Waals surface area contributed by atoms with Crippen molar-refractivity contribution in [1.29, 1.82) is 0 Å². The molecule has 0 radical (unpaired) electrons. The summed E-state index contributed by atoms with van der Waals surface area (Å²) >= 11 is 2.61. The molecule has 9 heteroatoms. The molecule has 31 heavy (non-hydrogen) atoms. The third-order valence-electron chi connectivity index (χ3n) is 5.17. The second-order valence-corrected chi connectivity index (χ2v) is 9.64. The Morgan fingerprint density at radius 2 is 1.71 bits per heavy atom. The van der Waals surface area contributed by atoms with Gasteiger partial charge in [-0.05, 0) is 36.4 Å². The number of aromatic nitrogens is 2. The zero-order valence-electron chi connectivity index (χ0n) is 16.4. The normalized spacial score (nSPS) is 17.2. The van der Waals surface area contributed by atoms with Gasteiger partial charge in [0.25, 0.3) is 17.4 Å². The Morgan fingerprint density at radius 1 is 1.06 bits per heavy atom. The zero-order valence-corrected chi connectivity index (χ0v) is 18.0. The lowest BCUT2D eigenvalue weighted by Gasteiger charge is -2.17. The molecule has 1 atom stereocenters. The first-order valence-corrected chi connectivity index (χ1v) is 11.5. The van der Waals surface area contributed by atoms with Crippen molar-refractivity contribution < 1.29 is 14.0 Å². The molecule has 3 heterocycles. The topological polar surface area (TPSA) is 72.3 Å². The van der Waals surface area contributed by atoms with E-state index >= 15 is 0 Å². The highest BCUT2D eigenvalue weighted by Crippen LogP contribution is 2.35. The van der Waals surface area contributed by atoms with Gasteiger partial charge in [-0.3, -0.25) is 23.9 Å². The van der Waals surface area contributed by atoms with Crippen molar-refractivity contribution in [2.75, 3.05) is 5.88 Å². The van der Waals surface area contributed by atoms with Gasteiger partial charge in [0.05, 0.1) is 33.3 Å². The Balaban J connectivity index is 1.52. The molecule has 2 aliphatic heterocycles. The molecule has 0 bridgehead atoms. The number of halogens is 1. The molecule has 0 spiro atoms. The summed E-state index contributed by atoms with van der Waals surface area (Å²) < 4.78 is 14.9. The van der Waals surface area contributed by atoms with Gasteiger partial charge in [0, 0.05) is 11.7 Å². The summed E-state index contributed by atoms with van der Waals surface area (Å²) in [6, 6.07) is 12.3. The molecule has 1 aromatic heterocycles. The second kappa shape index (κ2) is 7.65. The minimum atomic E-state index is -0.408. The summed E-state index contributed by atoms with van der Waals surface area (Å²) in [6.45, 7) is 2.03. The largest absolute Gasteiger partial charge is 0.272 e. The van der Waals surface area contributed by atoms with E-state index in [2.05, 4.69) is 4.98 Å². The fourth-order valence-electron chi connectivity index (χ4n) is 3.69. The predicted molar refractivity (Wildman–Crippen MR) is 116 cm³/mol. The minimum Gasteiger partial charge on any atom is -0.269 e. The molecule has 2 aliphatic rings. The van der Waals surface area contributed by atoms with Crippen LogP contribution >= 0.6 is 23.5 Å². The van der Waals surface area contributed by atoms with Gasteiger partial charge in [-0.2, -0.15) is 0 Å². The van der Waals surface area contributed by atoms with Gasteiger partial charge in [0.15, 0.2) is 5.16 Å². The number of carbonyl (C=O) groups excluding carboxylic acids is 2. The van der Waals surface area contributed by atoms with Gasteiger partial charge < -0.3 is 0 Å². The van der Waals surface area contributed by atoms with Crippen molar-refractivity contribution in [2.24, 2.45) is 0 Å². The van der Waals surface area contributed by atoms with Gasteiger partial charge in [-0.1, -0.05) is 30.8 Å². The average molecular weight is 454 g/mol. The molecule has 5 rings (SSSR count). The maximum Gasteiger partial charge on any atom is 0.272 e. The third-order valence-corrected chi connectivity index (χ3v) is 7.30. The molecule has 6 nitrogen and oxygen atoms in total. The van der Waals surface area contributed by atoms with Crippen LogP contribution in [0.15, 0.2) is 63.4 Å². The van der Waals surface area contributed by atoms with E-state index in [0.717, 1.165) is 16.7 Å². The maximum atomic E-state index is 13.4. The van der Waals surface area contributed by atoms with Crippen molar-refractivity contribution in [2.45, 2.75) is 28.6 Å².